The molecule has 0 aromatic heterocycles. The molecule has 6 atom stereocenters. The minimum absolute atomic E-state index is 0.174. The molecule has 3 heterocycles. The minimum atomic E-state index is -1.09. The number of fused-ring (bicyclic) bond motifs is 1. The summed E-state index contributed by atoms with van der Waals surface area (Å²) in [6.45, 7) is 9.96. The van der Waals surface area contributed by atoms with Crippen LogP contribution in [0.5, 0.6) is 0 Å². The molecule has 0 radical (unpaired) electrons. The number of carbonyl (C=O) groups is 3. The molecule has 0 saturated carbocycles. The van der Waals surface area contributed by atoms with Gasteiger partial charge in [-0.05, 0) is 25.3 Å². The van der Waals surface area contributed by atoms with Gasteiger partial charge in [0.1, 0.15) is 11.6 Å². The Morgan fingerprint density at radius 3 is 2.54 bits per heavy atom. The highest BCUT2D eigenvalue weighted by atomic mass is 16.5. The highest BCUT2D eigenvalue weighted by Crippen LogP contribution is 2.59. The Kier molecular flexibility index (Phi) is 7.15. The number of likely N-dealkylation sites (tertiary alicyclic amines) is 1. The number of likely N-dealkylation sites (N-methyl/N-ethyl adjacent to an activating group) is 1. The number of rotatable bonds is 10. The van der Waals surface area contributed by atoms with Crippen molar-refractivity contribution >= 4 is 17.7 Å². The van der Waals surface area contributed by atoms with Gasteiger partial charge in [0, 0.05) is 26.7 Å². The molecule has 3 amide bonds. The van der Waals surface area contributed by atoms with Crippen molar-refractivity contribution in [3.63, 3.8) is 0 Å². The van der Waals surface area contributed by atoms with Crippen molar-refractivity contribution in [3.05, 3.63) is 61.2 Å². The summed E-state index contributed by atoms with van der Waals surface area (Å²) in [5, 5.41) is 9.99. The number of nitrogens with zero attached hydrogens (tertiary/aromatic N) is 3. The van der Waals surface area contributed by atoms with Crippen molar-refractivity contribution in [2.45, 2.75) is 50.1 Å². The van der Waals surface area contributed by atoms with Crippen molar-refractivity contribution in [3.8, 4) is 0 Å². The fraction of sp³-hybridized carbons (Fsp3) is 0.519. The molecule has 35 heavy (non-hydrogen) atoms. The summed E-state index contributed by atoms with van der Waals surface area (Å²) in [6.07, 6.45) is 4.01. The Morgan fingerprint density at radius 1 is 1.23 bits per heavy atom. The van der Waals surface area contributed by atoms with Crippen LogP contribution in [0, 0.1) is 11.8 Å². The van der Waals surface area contributed by atoms with E-state index in [1.807, 2.05) is 30.3 Å². The monoisotopic (exact) mass is 481 g/mol. The average Bonchev–Trinajstić information content (AvgIpc) is 3.50. The summed E-state index contributed by atoms with van der Waals surface area (Å²) >= 11 is 0. The van der Waals surface area contributed by atoms with E-state index in [0.717, 1.165) is 5.56 Å². The summed E-state index contributed by atoms with van der Waals surface area (Å²) in [5.74, 6) is -2.14. The number of ether oxygens (including phenoxy) is 1. The average molecular weight is 482 g/mol. The number of aliphatic hydroxyl groups excluding tert-OH is 1. The standard InChI is InChI=1S/C27H35N3O5/c1-5-14-28(4)24(32)21-20-12-13-27(35-20)22(21)25(33)30(18(3)17-31)23(27)26(34)29(15-6-2)16-19-10-8-7-9-11-19/h5-11,18,20-23,31H,1-2,12-17H2,3-4H3/t18-,20+,21-,22+,23?,27?/m1/s1. The topological polar surface area (TPSA) is 90.4 Å². The maximum atomic E-state index is 14.2. The Balaban J connectivity index is 1.73. The SMILES string of the molecule is C=CCN(C)C(=O)[C@@H]1[C@@H]2CCC3(O2)C(C(=O)N(CC=C)Cc2ccccc2)N([C@H](C)CO)C(=O)[C@H]13. The second-order valence-corrected chi connectivity index (χ2v) is 9.83. The first-order valence-corrected chi connectivity index (χ1v) is 12.2. The van der Waals surface area contributed by atoms with E-state index >= 15 is 0 Å². The van der Waals surface area contributed by atoms with Crippen LogP contribution < -0.4 is 0 Å². The predicted octanol–water partition coefficient (Wildman–Crippen LogP) is 1.60. The second kappa shape index (κ2) is 9.95. The lowest BCUT2D eigenvalue weighted by Crippen LogP contribution is -2.58. The summed E-state index contributed by atoms with van der Waals surface area (Å²) in [6, 6.07) is 8.12. The van der Waals surface area contributed by atoms with E-state index in [2.05, 4.69) is 13.2 Å². The lowest BCUT2D eigenvalue weighted by atomic mass is 9.70. The van der Waals surface area contributed by atoms with Gasteiger partial charge in [0.15, 0.2) is 0 Å². The minimum Gasteiger partial charge on any atom is -0.394 e. The van der Waals surface area contributed by atoms with Crippen molar-refractivity contribution in [1.82, 2.24) is 14.7 Å². The molecule has 8 nitrogen and oxygen atoms in total. The van der Waals surface area contributed by atoms with Crippen molar-refractivity contribution in [2.24, 2.45) is 11.8 Å². The molecule has 2 bridgehead atoms. The van der Waals surface area contributed by atoms with Crippen LogP contribution in [0.15, 0.2) is 55.6 Å². The number of hydrogen-bond donors (Lipinski definition) is 1. The largest absolute Gasteiger partial charge is 0.394 e. The van der Waals surface area contributed by atoms with E-state index in [9.17, 15) is 19.5 Å². The molecule has 4 rings (SSSR count). The molecule has 1 aromatic carbocycles. The van der Waals surface area contributed by atoms with Gasteiger partial charge in [-0.2, -0.15) is 0 Å². The Labute approximate surface area is 206 Å². The van der Waals surface area contributed by atoms with Crippen LogP contribution in [0.1, 0.15) is 25.3 Å². The van der Waals surface area contributed by atoms with Crippen molar-refractivity contribution < 1.29 is 24.2 Å². The number of hydrogen-bond acceptors (Lipinski definition) is 5. The van der Waals surface area contributed by atoms with Gasteiger partial charge >= 0.3 is 0 Å². The van der Waals surface area contributed by atoms with Gasteiger partial charge in [-0.15, -0.1) is 13.2 Å². The molecule has 1 N–H and O–H groups in total. The van der Waals surface area contributed by atoms with Gasteiger partial charge in [0.25, 0.3) is 0 Å². The third-order valence-electron chi connectivity index (χ3n) is 7.65. The molecule has 1 aromatic rings. The normalized spacial score (nSPS) is 29.6. The van der Waals surface area contributed by atoms with E-state index in [0.29, 0.717) is 32.5 Å². The highest BCUT2D eigenvalue weighted by Gasteiger charge is 2.75. The van der Waals surface area contributed by atoms with Crippen LogP contribution in [0.3, 0.4) is 0 Å². The molecular weight excluding hydrogens is 446 g/mol. The number of carbonyl (C=O) groups excluding carboxylic acids is 3. The zero-order valence-electron chi connectivity index (χ0n) is 20.5. The molecule has 2 unspecified atom stereocenters. The first-order chi connectivity index (χ1) is 16.8. The van der Waals surface area contributed by atoms with Gasteiger partial charge in [-0.3, -0.25) is 14.4 Å². The van der Waals surface area contributed by atoms with Crippen molar-refractivity contribution in [1.29, 1.82) is 0 Å². The lowest BCUT2D eigenvalue weighted by molar-refractivity contribution is -0.151. The first-order valence-electron chi connectivity index (χ1n) is 12.2. The van der Waals surface area contributed by atoms with Crippen LogP contribution in [-0.4, -0.2) is 88.1 Å². The molecular formula is C27H35N3O5. The molecule has 3 saturated heterocycles. The van der Waals surface area contributed by atoms with Gasteiger partial charge in [-0.25, -0.2) is 0 Å². The molecule has 8 heteroatoms. The third-order valence-corrected chi connectivity index (χ3v) is 7.65. The first kappa shape index (κ1) is 25.1. The Bertz CT molecular complexity index is 998. The Morgan fingerprint density at radius 2 is 1.91 bits per heavy atom. The van der Waals surface area contributed by atoms with E-state index in [-0.39, 0.29) is 24.3 Å². The summed E-state index contributed by atoms with van der Waals surface area (Å²) in [7, 11) is 1.69. The van der Waals surface area contributed by atoms with Crippen LogP contribution >= 0.6 is 0 Å². The smallest absolute Gasteiger partial charge is 0.249 e. The predicted molar refractivity (Wildman–Crippen MR) is 131 cm³/mol. The molecule has 3 aliphatic heterocycles. The number of benzene rings is 1. The highest BCUT2D eigenvalue weighted by molar-refractivity contribution is 5.99. The third kappa shape index (κ3) is 4.08. The zero-order chi connectivity index (χ0) is 25.3. The fourth-order valence-electron chi connectivity index (χ4n) is 6.12. The van der Waals surface area contributed by atoms with Gasteiger partial charge in [-0.1, -0.05) is 42.5 Å². The van der Waals surface area contributed by atoms with Crippen LogP contribution in [0.4, 0.5) is 0 Å². The molecule has 3 aliphatic rings. The maximum absolute atomic E-state index is 14.2. The van der Waals surface area contributed by atoms with E-state index in [1.165, 1.54) is 4.90 Å². The molecule has 188 valence electrons. The lowest BCUT2D eigenvalue weighted by Gasteiger charge is -2.38. The molecule has 3 fully saturated rings. The fourth-order valence-corrected chi connectivity index (χ4v) is 6.12. The van der Waals surface area contributed by atoms with Crippen LogP contribution in [-0.2, 0) is 25.7 Å². The van der Waals surface area contributed by atoms with Crippen molar-refractivity contribution in [2.75, 3.05) is 26.7 Å². The number of amides is 3. The van der Waals surface area contributed by atoms with E-state index in [1.54, 1.807) is 35.9 Å². The van der Waals surface area contributed by atoms with Gasteiger partial charge in [0.2, 0.25) is 17.7 Å². The Hall–Kier alpha value is -2.97. The van der Waals surface area contributed by atoms with E-state index in [4.69, 9.17) is 4.74 Å². The second-order valence-electron chi connectivity index (χ2n) is 9.83. The van der Waals surface area contributed by atoms with Crippen LogP contribution in [0.25, 0.3) is 0 Å². The number of aliphatic hydroxyl groups is 1. The van der Waals surface area contributed by atoms with Gasteiger partial charge < -0.3 is 24.5 Å². The van der Waals surface area contributed by atoms with E-state index < -0.39 is 35.6 Å². The molecule has 1 spiro atoms. The zero-order valence-corrected chi connectivity index (χ0v) is 20.5. The quantitative estimate of drug-likeness (QED) is 0.513. The summed E-state index contributed by atoms with van der Waals surface area (Å²) in [4.78, 5) is 46.1. The van der Waals surface area contributed by atoms with Gasteiger partial charge in [0.05, 0.1) is 30.6 Å². The summed E-state index contributed by atoms with van der Waals surface area (Å²) in [5.41, 5.74) is -0.133. The maximum Gasteiger partial charge on any atom is 0.249 e. The summed E-state index contributed by atoms with van der Waals surface area (Å²) < 4.78 is 6.46. The van der Waals surface area contributed by atoms with Crippen LogP contribution in [0.2, 0.25) is 0 Å². The molecule has 0 aliphatic carbocycles.